The molecule has 0 aliphatic carbocycles. The topological polar surface area (TPSA) is 40.5 Å². The van der Waals surface area contributed by atoms with E-state index in [2.05, 4.69) is 6.92 Å². The number of carbonyl (C=O) groups is 1. The highest BCUT2D eigenvalue weighted by atomic mass is 16.3. The van der Waals surface area contributed by atoms with Gasteiger partial charge in [0.25, 0.3) is 0 Å². The molecule has 0 saturated carbocycles. The van der Waals surface area contributed by atoms with Crippen LogP contribution in [0.5, 0.6) is 0 Å². The number of rotatable bonds is 5. The maximum atomic E-state index is 11.2. The summed E-state index contributed by atoms with van der Waals surface area (Å²) in [5, 5.41) is 9.25. The summed E-state index contributed by atoms with van der Waals surface area (Å²) in [6.45, 7) is 6.17. The molecule has 3 heteroatoms. The molecule has 0 aliphatic rings. The van der Waals surface area contributed by atoms with E-state index in [0.717, 1.165) is 12.8 Å². The van der Waals surface area contributed by atoms with E-state index in [1.165, 1.54) is 4.90 Å². The SMILES string of the molecule is CCCCN(C(=O)CC)C(C)O. The Balaban J connectivity index is 3.95. The van der Waals surface area contributed by atoms with Gasteiger partial charge in [-0.05, 0) is 13.3 Å². The van der Waals surface area contributed by atoms with E-state index >= 15 is 0 Å². The van der Waals surface area contributed by atoms with E-state index in [1.54, 1.807) is 6.92 Å². The third-order valence-electron chi connectivity index (χ3n) is 1.83. The lowest BCUT2D eigenvalue weighted by Crippen LogP contribution is -2.38. The van der Waals surface area contributed by atoms with E-state index in [1.807, 2.05) is 6.92 Å². The Bertz CT molecular complexity index is 134. The predicted octanol–water partition coefficient (Wildman–Crippen LogP) is 1.36. The molecule has 0 fully saturated rings. The van der Waals surface area contributed by atoms with Gasteiger partial charge in [0.1, 0.15) is 6.23 Å². The lowest BCUT2D eigenvalue weighted by Gasteiger charge is -2.24. The Kier molecular flexibility index (Phi) is 5.72. The van der Waals surface area contributed by atoms with Crippen LogP contribution in [0.4, 0.5) is 0 Å². The Morgan fingerprint density at radius 1 is 1.50 bits per heavy atom. The highest BCUT2D eigenvalue weighted by Gasteiger charge is 2.14. The maximum absolute atomic E-state index is 11.2. The van der Waals surface area contributed by atoms with Crippen molar-refractivity contribution in [2.24, 2.45) is 0 Å². The van der Waals surface area contributed by atoms with Crippen molar-refractivity contribution in [1.82, 2.24) is 4.90 Å². The van der Waals surface area contributed by atoms with Crippen LogP contribution in [0.25, 0.3) is 0 Å². The molecular weight excluding hydrogens is 154 g/mol. The number of aliphatic hydroxyl groups excluding tert-OH is 1. The standard InChI is InChI=1S/C9H19NO2/c1-4-6-7-10(8(3)11)9(12)5-2/h8,11H,4-7H2,1-3H3. The average molecular weight is 173 g/mol. The minimum Gasteiger partial charge on any atom is -0.374 e. The molecule has 1 amide bonds. The monoisotopic (exact) mass is 173 g/mol. The molecular formula is C9H19NO2. The van der Waals surface area contributed by atoms with Gasteiger partial charge in [0.15, 0.2) is 0 Å². The molecule has 0 aromatic carbocycles. The molecule has 1 unspecified atom stereocenters. The molecule has 0 saturated heterocycles. The minimum atomic E-state index is -0.649. The molecule has 0 aliphatic heterocycles. The zero-order valence-electron chi connectivity index (χ0n) is 8.21. The van der Waals surface area contributed by atoms with Crippen LogP contribution in [0.3, 0.4) is 0 Å². The number of aliphatic hydroxyl groups is 1. The minimum absolute atomic E-state index is 0.0263. The first-order valence-electron chi connectivity index (χ1n) is 4.61. The number of amides is 1. The molecule has 72 valence electrons. The van der Waals surface area contributed by atoms with Crippen LogP contribution in [-0.4, -0.2) is 28.7 Å². The van der Waals surface area contributed by atoms with Gasteiger partial charge in [-0.25, -0.2) is 0 Å². The van der Waals surface area contributed by atoms with Crippen molar-refractivity contribution < 1.29 is 9.90 Å². The van der Waals surface area contributed by atoms with E-state index in [9.17, 15) is 9.90 Å². The number of hydrogen-bond acceptors (Lipinski definition) is 2. The summed E-state index contributed by atoms with van der Waals surface area (Å²) in [5.74, 6) is 0.0263. The Hall–Kier alpha value is -0.570. The Morgan fingerprint density at radius 3 is 2.42 bits per heavy atom. The lowest BCUT2D eigenvalue weighted by molar-refractivity contribution is -0.139. The van der Waals surface area contributed by atoms with Gasteiger partial charge in [0, 0.05) is 13.0 Å². The zero-order valence-corrected chi connectivity index (χ0v) is 8.21. The number of unbranched alkanes of at least 4 members (excludes halogenated alkanes) is 1. The molecule has 0 aromatic rings. The fourth-order valence-corrected chi connectivity index (χ4v) is 1.05. The Labute approximate surface area is 74.4 Å². The van der Waals surface area contributed by atoms with Crippen molar-refractivity contribution in [3.63, 3.8) is 0 Å². The summed E-state index contributed by atoms with van der Waals surface area (Å²) in [6, 6.07) is 0. The van der Waals surface area contributed by atoms with Crippen LogP contribution >= 0.6 is 0 Å². The van der Waals surface area contributed by atoms with Crippen LogP contribution < -0.4 is 0 Å². The van der Waals surface area contributed by atoms with Crippen LogP contribution in [0.1, 0.15) is 40.0 Å². The van der Waals surface area contributed by atoms with Gasteiger partial charge >= 0.3 is 0 Å². The molecule has 0 rings (SSSR count). The fourth-order valence-electron chi connectivity index (χ4n) is 1.05. The summed E-state index contributed by atoms with van der Waals surface area (Å²) in [4.78, 5) is 12.7. The Morgan fingerprint density at radius 2 is 2.08 bits per heavy atom. The normalized spacial score (nSPS) is 12.7. The average Bonchev–Trinajstić information content (AvgIpc) is 2.04. The first-order chi connectivity index (χ1) is 5.63. The van der Waals surface area contributed by atoms with Crippen molar-refractivity contribution in [1.29, 1.82) is 0 Å². The molecule has 0 heterocycles. The van der Waals surface area contributed by atoms with Gasteiger partial charge < -0.3 is 10.0 Å². The molecule has 1 atom stereocenters. The molecule has 3 nitrogen and oxygen atoms in total. The number of hydrogen-bond donors (Lipinski definition) is 1. The van der Waals surface area contributed by atoms with Crippen molar-refractivity contribution in [3.05, 3.63) is 0 Å². The van der Waals surface area contributed by atoms with Crippen LogP contribution in [0, 0.1) is 0 Å². The third-order valence-corrected chi connectivity index (χ3v) is 1.83. The van der Waals surface area contributed by atoms with E-state index in [4.69, 9.17) is 0 Å². The smallest absolute Gasteiger partial charge is 0.224 e. The van der Waals surface area contributed by atoms with Crippen LogP contribution in [0.15, 0.2) is 0 Å². The second kappa shape index (κ2) is 6.00. The first kappa shape index (κ1) is 11.4. The van der Waals surface area contributed by atoms with Crippen molar-refractivity contribution in [2.45, 2.75) is 46.3 Å². The highest BCUT2D eigenvalue weighted by Crippen LogP contribution is 2.02. The van der Waals surface area contributed by atoms with Gasteiger partial charge in [0.05, 0.1) is 0 Å². The number of carbonyl (C=O) groups excluding carboxylic acids is 1. The maximum Gasteiger partial charge on any atom is 0.224 e. The molecule has 12 heavy (non-hydrogen) atoms. The first-order valence-corrected chi connectivity index (χ1v) is 4.61. The van der Waals surface area contributed by atoms with Gasteiger partial charge in [-0.15, -0.1) is 0 Å². The van der Waals surface area contributed by atoms with Gasteiger partial charge in [-0.2, -0.15) is 0 Å². The second-order valence-electron chi connectivity index (χ2n) is 2.93. The molecule has 0 spiro atoms. The quantitative estimate of drug-likeness (QED) is 0.638. The lowest BCUT2D eigenvalue weighted by atomic mass is 10.3. The summed E-state index contributed by atoms with van der Waals surface area (Å²) in [6.07, 6.45) is 1.81. The van der Waals surface area contributed by atoms with Crippen molar-refractivity contribution in [2.75, 3.05) is 6.54 Å². The zero-order chi connectivity index (χ0) is 9.56. The fraction of sp³-hybridized carbons (Fsp3) is 0.889. The third kappa shape index (κ3) is 3.72. The summed E-state index contributed by atoms with van der Waals surface area (Å²) in [5.41, 5.74) is 0. The van der Waals surface area contributed by atoms with E-state index in [0.29, 0.717) is 13.0 Å². The molecule has 0 aromatic heterocycles. The highest BCUT2D eigenvalue weighted by molar-refractivity contribution is 5.75. The van der Waals surface area contributed by atoms with Gasteiger partial charge in [-0.1, -0.05) is 20.3 Å². The van der Waals surface area contributed by atoms with Crippen LogP contribution in [0.2, 0.25) is 0 Å². The summed E-state index contributed by atoms with van der Waals surface area (Å²) in [7, 11) is 0. The molecule has 0 bridgehead atoms. The number of nitrogens with zero attached hydrogens (tertiary/aromatic N) is 1. The largest absolute Gasteiger partial charge is 0.374 e. The summed E-state index contributed by atoms with van der Waals surface area (Å²) >= 11 is 0. The second-order valence-corrected chi connectivity index (χ2v) is 2.93. The van der Waals surface area contributed by atoms with Crippen LogP contribution in [-0.2, 0) is 4.79 Å². The van der Waals surface area contributed by atoms with Crippen molar-refractivity contribution in [3.8, 4) is 0 Å². The van der Waals surface area contributed by atoms with Crippen molar-refractivity contribution >= 4 is 5.91 Å². The van der Waals surface area contributed by atoms with Gasteiger partial charge in [-0.3, -0.25) is 4.79 Å². The van der Waals surface area contributed by atoms with E-state index in [-0.39, 0.29) is 5.91 Å². The molecule has 0 radical (unpaired) electrons. The summed E-state index contributed by atoms with van der Waals surface area (Å²) < 4.78 is 0. The van der Waals surface area contributed by atoms with Gasteiger partial charge in [0.2, 0.25) is 5.91 Å². The van der Waals surface area contributed by atoms with E-state index < -0.39 is 6.23 Å². The molecule has 1 N–H and O–H groups in total. The predicted molar refractivity (Wildman–Crippen MR) is 48.6 cm³/mol.